The molecule has 2 rings (SSSR count). The highest BCUT2D eigenvalue weighted by Crippen LogP contribution is 2.28. The van der Waals surface area contributed by atoms with Crippen molar-refractivity contribution in [2.45, 2.75) is 204 Å². The Kier molecular flexibility index (Phi) is 19.9. The summed E-state index contributed by atoms with van der Waals surface area (Å²) in [4.78, 5) is 11.7. The first-order chi connectivity index (χ1) is 20.3. The van der Waals surface area contributed by atoms with Crippen molar-refractivity contribution in [2.24, 2.45) is 0 Å². The number of carbonyl (C=O) groups excluding carboxylic acids is 1. The third-order valence-electron chi connectivity index (χ3n) is 9.13. The number of ether oxygens (including phenoxy) is 2. The number of rotatable bonds is 26. The fourth-order valence-corrected chi connectivity index (χ4v) is 6.41. The predicted octanol–water partition coefficient (Wildman–Crippen LogP) is 7.06. The summed E-state index contributed by atoms with van der Waals surface area (Å²) < 4.78 is 11.2. The zero-order chi connectivity index (χ0) is 30.6. The van der Waals surface area contributed by atoms with Gasteiger partial charge >= 0.3 is 5.97 Å². The number of hydrogen-bond acceptors (Lipinski definition) is 7. The molecule has 0 aromatic carbocycles. The van der Waals surface area contributed by atoms with E-state index < -0.39 is 24.4 Å². The van der Waals surface area contributed by atoms with Crippen LogP contribution in [0.2, 0.25) is 0 Å². The van der Waals surface area contributed by atoms with Gasteiger partial charge in [-0.1, -0.05) is 103 Å². The van der Waals surface area contributed by atoms with Crippen molar-refractivity contribution in [1.29, 1.82) is 0 Å². The van der Waals surface area contributed by atoms with E-state index in [0.29, 0.717) is 37.7 Å². The van der Waals surface area contributed by atoms with Crippen LogP contribution in [0.15, 0.2) is 11.6 Å². The summed E-state index contributed by atoms with van der Waals surface area (Å²) in [6, 6.07) is 0. The molecule has 0 aromatic heterocycles. The van der Waals surface area contributed by atoms with E-state index in [4.69, 9.17) is 9.47 Å². The number of aliphatic hydroxyl groups is 4. The van der Waals surface area contributed by atoms with E-state index in [2.05, 4.69) is 6.92 Å². The normalized spacial score (nSPS) is 23.5. The summed E-state index contributed by atoms with van der Waals surface area (Å²) in [5.41, 5.74) is 0.605. The third kappa shape index (κ3) is 16.2. The van der Waals surface area contributed by atoms with Crippen molar-refractivity contribution in [1.82, 2.24) is 0 Å². The van der Waals surface area contributed by atoms with Crippen molar-refractivity contribution in [2.75, 3.05) is 0 Å². The molecule has 7 heteroatoms. The summed E-state index contributed by atoms with van der Waals surface area (Å²) in [6.07, 6.45) is 22.5. The molecule has 0 radical (unpaired) electrons. The van der Waals surface area contributed by atoms with Crippen LogP contribution in [-0.4, -0.2) is 69.1 Å². The average molecular weight is 597 g/mol. The Balaban J connectivity index is 1.41. The molecule has 0 bridgehead atoms. The molecule has 7 nitrogen and oxygen atoms in total. The van der Waals surface area contributed by atoms with Gasteiger partial charge in [0.15, 0.2) is 0 Å². The minimum atomic E-state index is -0.664. The summed E-state index contributed by atoms with van der Waals surface area (Å²) in [6.45, 7) is 4.06. The second kappa shape index (κ2) is 22.5. The summed E-state index contributed by atoms with van der Waals surface area (Å²) in [7, 11) is 0. The number of esters is 1. The van der Waals surface area contributed by atoms with Crippen LogP contribution in [0.4, 0.5) is 0 Å². The van der Waals surface area contributed by atoms with Gasteiger partial charge in [-0.25, -0.2) is 4.79 Å². The Morgan fingerprint density at radius 1 is 0.738 bits per heavy atom. The van der Waals surface area contributed by atoms with Gasteiger partial charge in [0.1, 0.15) is 6.10 Å². The quantitative estimate of drug-likeness (QED) is 0.0624. The monoisotopic (exact) mass is 596 g/mol. The van der Waals surface area contributed by atoms with Crippen molar-refractivity contribution in [3.8, 4) is 0 Å². The number of hydrogen-bond donors (Lipinski definition) is 4. The molecule has 0 saturated carbocycles. The molecule has 0 spiro atoms. The Morgan fingerprint density at radius 2 is 1.29 bits per heavy atom. The van der Waals surface area contributed by atoms with E-state index >= 15 is 0 Å². The Hall–Kier alpha value is -0.990. The van der Waals surface area contributed by atoms with Gasteiger partial charge in [-0.05, 0) is 57.9 Å². The maximum atomic E-state index is 11.7. The van der Waals surface area contributed by atoms with Gasteiger partial charge in [0.25, 0.3) is 0 Å². The van der Waals surface area contributed by atoms with Gasteiger partial charge in [0, 0.05) is 12.0 Å². The van der Waals surface area contributed by atoms with Crippen molar-refractivity contribution in [3.05, 3.63) is 11.6 Å². The predicted molar refractivity (Wildman–Crippen MR) is 168 cm³/mol. The third-order valence-corrected chi connectivity index (χ3v) is 9.13. The van der Waals surface area contributed by atoms with Gasteiger partial charge in [-0.15, -0.1) is 0 Å². The lowest BCUT2D eigenvalue weighted by Gasteiger charge is -2.20. The molecular formula is C35H64O7. The summed E-state index contributed by atoms with van der Waals surface area (Å²) >= 11 is 0. The minimum absolute atomic E-state index is 0.0794. The van der Waals surface area contributed by atoms with Gasteiger partial charge < -0.3 is 29.9 Å². The van der Waals surface area contributed by atoms with E-state index in [1.165, 1.54) is 38.5 Å². The van der Waals surface area contributed by atoms with E-state index in [1.54, 1.807) is 6.08 Å². The van der Waals surface area contributed by atoms with Crippen molar-refractivity contribution >= 4 is 5.97 Å². The minimum Gasteiger partial charge on any atom is -0.455 e. The molecule has 42 heavy (non-hydrogen) atoms. The molecule has 1 fully saturated rings. The first kappa shape index (κ1) is 37.2. The van der Waals surface area contributed by atoms with E-state index in [9.17, 15) is 25.2 Å². The molecule has 0 aliphatic carbocycles. The molecule has 0 aromatic rings. The van der Waals surface area contributed by atoms with Crippen LogP contribution in [0, 0.1) is 0 Å². The number of carbonyl (C=O) groups is 1. The van der Waals surface area contributed by atoms with Gasteiger partial charge in [0.05, 0.1) is 36.6 Å². The van der Waals surface area contributed by atoms with E-state index in [1.807, 2.05) is 6.92 Å². The smallest absolute Gasteiger partial charge is 0.334 e. The fraction of sp³-hybridized carbons (Fsp3) is 0.914. The highest BCUT2D eigenvalue weighted by atomic mass is 16.5. The van der Waals surface area contributed by atoms with Crippen LogP contribution in [0.3, 0.4) is 0 Å². The highest BCUT2D eigenvalue weighted by Gasteiger charge is 2.30. The van der Waals surface area contributed by atoms with E-state index in [-0.39, 0.29) is 24.3 Å². The number of cyclic esters (lactones) is 1. The molecule has 2 aliphatic rings. The van der Waals surface area contributed by atoms with E-state index in [0.717, 1.165) is 77.0 Å². The van der Waals surface area contributed by atoms with Gasteiger partial charge in [0.2, 0.25) is 0 Å². The maximum absolute atomic E-state index is 11.7. The lowest BCUT2D eigenvalue weighted by molar-refractivity contribution is -0.139. The first-order valence-corrected chi connectivity index (χ1v) is 17.6. The lowest BCUT2D eigenvalue weighted by Crippen LogP contribution is -2.27. The van der Waals surface area contributed by atoms with Crippen molar-refractivity contribution in [3.63, 3.8) is 0 Å². The molecule has 1 saturated heterocycles. The highest BCUT2D eigenvalue weighted by molar-refractivity contribution is 5.90. The number of unbranched alkanes of at least 4 members (excludes halogenated alkanes) is 12. The Morgan fingerprint density at radius 3 is 1.90 bits per heavy atom. The number of aliphatic hydroxyl groups excluding tert-OH is 4. The average Bonchev–Trinajstić information content (AvgIpc) is 3.56. The Labute approximate surface area is 256 Å². The molecule has 2 aliphatic heterocycles. The Bertz CT molecular complexity index is 726. The van der Waals surface area contributed by atoms with Crippen LogP contribution >= 0.6 is 0 Å². The summed E-state index contributed by atoms with van der Waals surface area (Å²) in [5.74, 6) is -0.291. The van der Waals surface area contributed by atoms with Gasteiger partial charge in [-0.3, -0.25) is 0 Å². The molecular weight excluding hydrogens is 532 g/mol. The maximum Gasteiger partial charge on any atom is 0.334 e. The zero-order valence-electron chi connectivity index (χ0n) is 26.9. The second-order valence-corrected chi connectivity index (χ2v) is 13.1. The SMILES string of the molecule is CCCCCCCCCC[C@@H](O)[C@H](O)CCCC[C@@H](O)[C@@H]1CC[C@@H](CCCCCCC[C@@H](O)CC2=C[C@H](C)OC2=O)O1. The lowest BCUT2D eigenvalue weighted by atomic mass is 9.98. The van der Waals surface area contributed by atoms with Crippen LogP contribution in [0.25, 0.3) is 0 Å². The standard InChI is InChI=1S/C35H64O7/c1-3-4-5-6-7-8-12-15-20-31(37)32(38)21-16-17-22-33(39)34-24-23-30(42-34)19-14-11-9-10-13-18-29(36)26-28-25-27(2)41-35(28)40/h25,27,29-34,36-39H,3-24,26H2,1-2H3/t27-,29+,30+,31+,32+,33+,34-/m0/s1. The zero-order valence-corrected chi connectivity index (χ0v) is 26.9. The molecule has 0 unspecified atom stereocenters. The molecule has 2 heterocycles. The molecule has 0 amide bonds. The van der Waals surface area contributed by atoms with Crippen LogP contribution in [-0.2, 0) is 14.3 Å². The fourth-order valence-electron chi connectivity index (χ4n) is 6.41. The first-order valence-electron chi connectivity index (χ1n) is 17.6. The van der Waals surface area contributed by atoms with Crippen LogP contribution in [0.1, 0.15) is 162 Å². The summed E-state index contributed by atoms with van der Waals surface area (Å²) in [5, 5.41) is 41.4. The van der Waals surface area contributed by atoms with Crippen molar-refractivity contribution < 1.29 is 34.7 Å². The second-order valence-electron chi connectivity index (χ2n) is 13.1. The topological polar surface area (TPSA) is 116 Å². The largest absolute Gasteiger partial charge is 0.455 e. The molecule has 246 valence electrons. The molecule has 7 atom stereocenters. The molecule has 4 N–H and O–H groups in total. The van der Waals surface area contributed by atoms with Gasteiger partial charge in [-0.2, -0.15) is 0 Å². The van der Waals surface area contributed by atoms with Crippen LogP contribution in [0.5, 0.6) is 0 Å². The van der Waals surface area contributed by atoms with Crippen LogP contribution < -0.4 is 0 Å².